The normalized spacial score (nSPS) is 26.8. The second kappa shape index (κ2) is 4.94. The molecule has 2 rings (SSSR count). The third kappa shape index (κ3) is 2.93. The number of hydrogen-bond donors (Lipinski definition) is 1. The van der Waals surface area contributed by atoms with Crippen LogP contribution in [0.2, 0.25) is 0 Å². The predicted octanol–water partition coefficient (Wildman–Crippen LogP) is 1.16. The molecule has 1 saturated heterocycles. The van der Waals surface area contributed by atoms with Crippen LogP contribution in [0.25, 0.3) is 0 Å². The van der Waals surface area contributed by atoms with Gasteiger partial charge in [-0.2, -0.15) is 0 Å². The fraction of sp³-hybridized carbons (Fsp3) is 1.00. The molecule has 0 aromatic heterocycles. The van der Waals surface area contributed by atoms with Crippen LogP contribution >= 0.6 is 0 Å². The molecule has 0 aromatic carbocycles. The molecule has 3 heteroatoms. The van der Waals surface area contributed by atoms with Crippen LogP contribution in [-0.2, 0) is 4.74 Å². The average molecular weight is 184 g/mol. The number of hydrogen-bond acceptors (Lipinski definition) is 3. The smallest absolute Gasteiger partial charge is 0.100 e. The Hall–Kier alpha value is -0.120. The molecular formula is C10H20N2O. The van der Waals surface area contributed by atoms with Gasteiger partial charge in [0.1, 0.15) is 6.73 Å². The molecule has 1 aliphatic heterocycles. The van der Waals surface area contributed by atoms with Gasteiger partial charge >= 0.3 is 0 Å². The van der Waals surface area contributed by atoms with E-state index < -0.39 is 0 Å². The van der Waals surface area contributed by atoms with Crippen molar-refractivity contribution in [1.82, 2.24) is 10.2 Å². The summed E-state index contributed by atoms with van der Waals surface area (Å²) in [5.41, 5.74) is 0. The van der Waals surface area contributed by atoms with E-state index in [9.17, 15) is 0 Å². The Labute approximate surface area is 80.4 Å². The van der Waals surface area contributed by atoms with Crippen molar-refractivity contribution in [2.75, 3.05) is 26.5 Å². The first-order valence-electron chi connectivity index (χ1n) is 5.50. The summed E-state index contributed by atoms with van der Waals surface area (Å²) in [5, 5.41) is 3.31. The summed E-state index contributed by atoms with van der Waals surface area (Å²) < 4.78 is 5.85. The topological polar surface area (TPSA) is 24.5 Å². The van der Waals surface area contributed by atoms with Crippen LogP contribution < -0.4 is 5.32 Å². The average Bonchev–Trinajstić information content (AvgIpc) is 2.69. The van der Waals surface area contributed by atoms with Crippen molar-refractivity contribution in [2.24, 2.45) is 0 Å². The molecule has 0 bridgehead atoms. The fourth-order valence-electron chi connectivity index (χ4n) is 2.11. The lowest BCUT2D eigenvalue weighted by molar-refractivity contribution is -0.0298. The summed E-state index contributed by atoms with van der Waals surface area (Å²) in [6, 6.07) is 0. The molecule has 0 spiro atoms. The highest BCUT2D eigenvalue weighted by Gasteiger charge is 2.16. The second-order valence-corrected chi connectivity index (χ2v) is 4.11. The van der Waals surface area contributed by atoms with Crippen LogP contribution in [0.4, 0.5) is 0 Å². The molecule has 2 fully saturated rings. The Balaban J connectivity index is 1.60. The van der Waals surface area contributed by atoms with Gasteiger partial charge in [0.2, 0.25) is 0 Å². The molecule has 0 atom stereocenters. The minimum Gasteiger partial charge on any atom is -0.363 e. The van der Waals surface area contributed by atoms with Gasteiger partial charge in [0.05, 0.1) is 12.8 Å². The van der Waals surface area contributed by atoms with Gasteiger partial charge in [0.25, 0.3) is 0 Å². The lowest BCUT2D eigenvalue weighted by Crippen LogP contribution is -2.29. The summed E-state index contributed by atoms with van der Waals surface area (Å²) >= 11 is 0. The van der Waals surface area contributed by atoms with Crippen molar-refractivity contribution < 1.29 is 4.74 Å². The monoisotopic (exact) mass is 184 g/mol. The van der Waals surface area contributed by atoms with Crippen LogP contribution in [0.1, 0.15) is 32.1 Å². The summed E-state index contributed by atoms with van der Waals surface area (Å²) in [5.74, 6) is 0. The van der Waals surface area contributed by atoms with Crippen LogP contribution in [-0.4, -0.2) is 37.5 Å². The minimum absolute atomic E-state index is 0.550. The number of ether oxygens (including phenoxy) is 1. The molecule has 1 saturated carbocycles. The van der Waals surface area contributed by atoms with Crippen molar-refractivity contribution in [2.45, 2.75) is 38.2 Å². The molecule has 13 heavy (non-hydrogen) atoms. The van der Waals surface area contributed by atoms with E-state index in [1.54, 1.807) is 0 Å². The van der Waals surface area contributed by atoms with Gasteiger partial charge < -0.3 is 10.1 Å². The number of rotatable bonds is 3. The third-order valence-electron chi connectivity index (χ3n) is 2.99. The predicted molar refractivity (Wildman–Crippen MR) is 52.4 cm³/mol. The summed E-state index contributed by atoms with van der Waals surface area (Å²) in [6.45, 7) is 4.10. The molecule has 0 aromatic rings. The highest BCUT2D eigenvalue weighted by atomic mass is 16.5. The van der Waals surface area contributed by atoms with Gasteiger partial charge in [-0.05, 0) is 12.8 Å². The first kappa shape index (κ1) is 9.44. The van der Waals surface area contributed by atoms with Gasteiger partial charge in [-0.15, -0.1) is 0 Å². The standard InChI is InChI=1S/C10H20N2O/c1-2-4-10(5-3-1)13-9-12-7-6-11-8-12/h10-11H,1-9H2. The Bertz CT molecular complexity index is 140. The molecule has 76 valence electrons. The molecule has 1 heterocycles. The summed E-state index contributed by atoms with van der Waals surface area (Å²) in [4.78, 5) is 2.33. The zero-order valence-electron chi connectivity index (χ0n) is 8.30. The molecule has 1 aliphatic carbocycles. The van der Waals surface area contributed by atoms with Crippen LogP contribution in [0.15, 0.2) is 0 Å². The van der Waals surface area contributed by atoms with E-state index >= 15 is 0 Å². The quantitative estimate of drug-likeness (QED) is 0.712. The van der Waals surface area contributed by atoms with Crippen molar-refractivity contribution in [3.8, 4) is 0 Å². The Kier molecular flexibility index (Phi) is 3.58. The maximum Gasteiger partial charge on any atom is 0.100 e. The zero-order valence-corrected chi connectivity index (χ0v) is 8.30. The maximum absolute atomic E-state index is 5.85. The van der Waals surface area contributed by atoms with Crippen LogP contribution in [0.3, 0.4) is 0 Å². The first-order chi connectivity index (χ1) is 6.45. The van der Waals surface area contributed by atoms with Gasteiger partial charge in [0, 0.05) is 13.1 Å². The van der Waals surface area contributed by atoms with Crippen molar-refractivity contribution >= 4 is 0 Å². The molecule has 3 nitrogen and oxygen atoms in total. The van der Waals surface area contributed by atoms with E-state index in [2.05, 4.69) is 10.2 Å². The Morgan fingerprint density at radius 2 is 2.08 bits per heavy atom. The molecule has 2 aliphatic rings. The minimum atomic E-state index is 0.550. The van der Waals surface area contributed by atoms with Gasteiger partial charge in [0.15, 0.2) is 0 Å². The van der Waals surface area contributed by atoms with Gasteiger partial charge in [-0.3, -0.25) is 4.90 Å². The Morgan fingerprint density at radius 3 is 2.77 bits per heavy atom. The zero-order chi connectivity index (χ0) is 8.93. The van der Waals surface area contributed by atoms with Crippen LogP contribution in [0, 0.1) is 0 Å². The molecule has 0 radical (unpaired) electrons. The highest BCUT2D eigenvalue weighted by Crippen LogP contribution is 2.20. The lowest BCUT2D eigenvalue weighted by atomic mass is 9.98. The molecule has 1 N–H and O–H groups in total. The Morgan fingerprint density at radius 1 is 1.23 bits per heavy atom. The van der Waals surface area contributed by atoms with E-state index in [4.69, 9.17) is 4.74 Å². The number of nitrogens with zero attached hydrogens (tertiary/aromatic N) is 1. The van der Waals surface area contributed by atoms with Crippen molar-refractivity contribution in [3.63, 3.8) is 0 Å². The third-order valence-corrected chi connectivity index (χ3v) is 2.99. The number of nitrogens with one attached hydrogen (secondary N) is 1. The lowest BCUT2D eigenvalue weighted by Gasteiger charge is -2.24. The van der Waals surface area contributed by atoms with Crippen molar-refractivity contribution in [3.05, 3.63) is 0 Å². The van der Waals surface area contributed by atoms with Crippen molar-refractivity contribution in [1.29, 1.82) is 0 Å². The van der Waals surface area contributed by atoms with E-state index in [-0.39, 0.29) is 0 Å². The molecule has 0 unspecified atom stereocenters. The van der Waals surface area contributed by atoms with E-state index in [1.807, 2.05) is 0 Å². The fourth-order valence-corrected chi connectivity index (χ4v) is 2.11. The summed E-state index contributed by atoms with van der Waals surface area (Å²) in [7, 11) is 0. The molecular weight excluding hydrogens is 164 g/mol. The summed E-state index contributed by atoms with van der Waals surface area (Å²) in [6.07, 6.45) is 7.24. The molecule has 0 amide bonds. The second-order valence-electron chi connectivity index (χ2n) is 4.11. The maximum atomic E-state index is 5.85. The van der Waals surface area contributed by atoms with Gasteiger partial charge in [-0.25, -0.2) is 0 Å². The highest BCUT2D eigenvalue weighted by molar-refractivity contribution is 4.67. The van der Waals surface area contributed by atoms with Crippen LogP contribution in [0.5, 0.6) is 0 Å². The SMILES string of the molecule is C1CCC(OCN2CCNC2)CC1. The van der Waals surface area contributed by atoms with E-state index in [0.717, 1.165) is 26.5 Å². The van der Waals surface area contributed by atoms with E-state index in [1.165, 1.54) is 32.1 Å². The first-order valence-corrected chi connectivity index (χ1v) is 5.50. The van der Waals surface area contributed by atoms with E-state index in [0.29, 0.717) is 6.10 Å². The van der Waals surface area contributed by atoms with Gasteiger partial charge in [-0.1, -0.05) is 19.3 Å². The largest absolute Gasteiger partial charge is 0.363 e.